The van der Waals surface area contributed by atoms with Gasteiger partial charge in [0.05, 0.1) is 18.6 Å². The maximum absolute atomic E-state index is 13.8. The summed E-state index contributed by atoms with van der Waals surface area (Å²) in [6.45, 7) is 0. The molecule has 1 fully saturated rings. The standard InChI is InChI=1S/C11H13FO4S/c1-16-8-2-3-9(10(12)6-8)11(13)4-5-17(14,15)7-11/h2-3,6,13H,4-5,7H2,1H3. The first kappa shape index (κ1) is 12.3. The fraction of sp³-hybridized carbons (Fsp3) is 0.455. The van der Waals surface area contributed by atoms with Gasteiger partial charge in [-0.3, -0.25) is 0 Å². The fourth-order valence-corrected chi connectivity index (χ4v) is 3.87. The van der Waals surface area contributed by atoms with Crippen LogP contribution in [0.2, 0.25) is 0 Å². The molecule has 0 spiro atoms. The van der Waals surface area contributed by atoms with Gasteiger partial charge < -0.3 is 9.84 Å². The molecule has 1 unspecified atom stereocenters. The third kappa shape index (κ3) is 2.28. The van der Waals surface area contributed by atoms with Gasteiger partial charge in [-0.1, -0.05) is 0 Å². The topological polar surface area (TPSA) is 63.6 Å². The molecule has 1 saturated heterocycles. The van der Waals surface area contributed by atoms with E-state index in [9.17, 15) is 17.9 Å². The molecule has 1 aliphatic heterocycles. The van der Waals surface area contributed by atoms with Crippen molar-refractivity contribution < 1.29 is 22.7 Å². The van der Waals surface area contributed by atoms with Gasteiger partial charge in [0, 0.05) is 11.6 Å². The molecule has 0 saturated carbocycles. The summed E-state index contributed by atoms with van der Waals surface area (Å²) in [7, 11) is -1.88. The molecule has 1 N–H and O–H groups in total. The van der Waals surface area contributed by atoms with Crippen molar-refractivity contribution in [2.75, 3.05) is 18.6 Å². The molecule has 1 aromatic carbocycles. The Labute approximate surface area is 98.9 Å². The van der Waals surface area contributed by atoms with Crippen molar-refractivity contribution in [1.29, 1.82) is 0 Å². The lowest BCUT2D eigenvalue weighted by Crippen LogP contribution is -2.28. The molecule has 17 heavy (non-hydrogen) atoms. The van der Waals surface area contributed by atoms with Crippen molar-refractivity contribution in [2.24, 2.45) is 0 Å². The molecule has 6 heteroatoms. The summed E-state index contributed by atoms with van der Waals surface area (Å²) in [5.41, 5.74) is -1.60. The largest absolute Gasteiger partial charge is 0.497 e. The Kier molecular flexibility index (Phi) is 2.87. The van der Waals surface area contributed by atoms with E-state index < -0.39 is 27.0 Å². The SMILES string of the molecule is COc1ccc(C2(O)CCS(=O)(=O)C2)c(F)c1. The van der Waals surface area contributed by atoms with E-state index in [0.717, 1.165) is 6.07 Å². The summed E-state index contributed by atoms with van der Waals surface area (Å²) in [5, 5.41) is 10.2. The minimum absolute atomic E-state index is 0.0133. The van der Waals surface area contributed by atoms with Crippen LogP contribution in [0, 0.1) is 5.82 Å². The molecule has 1 aliphatic rings. The predicted octanol–water partition coefficient (Wildman–Crippen LogP) is 0.840. The molecule has 94 valence electrons. The van der Waals surface area contributed by atoms with E-state index in [0.29, 0.717) is 5.75 Å². The first-order valence-corrected chi connectivity index (χ1v) is 6.95. The first-order chi connectivity index (χ1) is 7.86. The number of ether oxygens (including phenoxy) is 1. The molecule has 1 aromatic rings. The number of hydrogen-bond donors (Lipinski definition) is 1. The highest BCUT2D eigenvalue weighted by Gasteiger charge is 2.43. The van der Waals surface area contributed by atoms with Crippen molar-refractivity contribution in [3.05, 3.63) is 29.6 Å². The average Bonchev–Trinajstić information content (AvgIpc) is 2.53. The molecule has 0 aliphatic carbocycles. The van der Waals surface area contributed by atoms with E-state index in [1.807, 2.05) is 0 Å². The van der Waals surface area contributed by atoms with Gasteiger partial charge in [0.25, 0.3) is 0 Å². The molecule has 4 nitrogen and oxygen atoms in total. The molecule has 0 bridgehead atoms. The van der Waals surface area contributed by atoms with Gasteiger partial charge in [0.2, 0.25) is 0 Å². The normalized spacial score (nSPS) is 27.0. The lowest BCUT2D eigenvalue weighted by molar-refractivity contribution is 0.0613. The molecule has 1 heterocycles. The number of benzene rings is 1. The summed E-state index contributed by atoms with van der Waals surface area (Å²) >= 11 is 0. The van der Waals surface area contributed by atoms with Crippen LogP contribution in [0.5, 0.6) is 5.75 Å². The highest BCUT2D eigenvalue weighted by molar-refractivity contribution is 7.91. The highest BCUT2D eigenvalue weighted by Crippen LogP contribution is 2.35. The molecule has 0 aromatic heterocycles. The van der Waals surface area contributed by atoms with Crippen LogP contribution in [-0.4, -0.2) is 32.1 Å². The van der Waals surface area contributed by atoms with Crippen molar-refractivity contribution in [1.82, 2.24) is 0 Å². The zero-order chi connectivity index (χ0) is 12.7. The zero-order valence-corrected chi connectivity index (χ0v) is 10.1. The van der Waals surface area contributed by atoms with Gasteiger partial charge in [-0.2, -0.15) is 0 Å². The van der Waals surface area contributed by atoms with Crippen LogP contribution < -0.4 is 4.74 Å². The molecular weight excluding hydrogens is 247 g/mol. The first-order valence-electron chi connectivity index (χ1n) is 5.13. The summed E-state index contributed by atoms with van der Waals surface area (Å²) < 4.78 is 41.3. The van der Waals surface area contributed by atoms with Crippen molar-refractivity contribution in [3.63, 3.8) is 0 Å². The Morgan fingerprint density at radius 2 is 2.18 bits per heavy atom. The predicted molar refractivity (Wildman–Crippen MR) is 60.1 cm³/mol. The number of methoxy groups -OCH3 is 1. The van der Waals surface area contributed by atoms with Gasteiger partial charge >= 0.3 is 0 Å². The molecule has 0 amide bonds. The van der Waals surface area contributed by atoms with Gasteiger partial charge in [-0.05, 0) is 18.6 Å². The summed E-state index contributed by atoms with van der Waals surface area (Å²) in [6, 6.07) is 4.01. The number of aliphatic hydroxyl groups is 1. The van der Waals surface area contributed by atoms with Crippen LogP contribution in [0.3, 0.4) is 0 Å². The maximum Gasteiger partial charge on any atom is 0.153 e. The van der Waals surface area contributed by atoms with Gasteiger partial charge in [-0.15, -0.1) is 0 Å². The van der Waals surface area contributed by atoms with Gasteiger partial charge in [-0.25, -0.2) is 12.8 Å². The second-order valence-corrected chi connectivity index (χ2v) is 6.40. The van der Waals surface area contributed by atoms with Crippen molar-refractivity contribution in [2.45, 2.75) is 12.0 Å². The van der Waals surface area contributed by atoms with E-state index in [-0.39, 0.29) is 17.7 Å². The smallest absolute Gasteiger partial charge is 0.153 e. The third-order valence-electron chi connectivity index (χ3n) is 2.96. The lowest BCUT2D eigenvalue weighted by Gasteiger charge is -2.22. The Balaban J connectivity index is 2.41. The van der Waals surface area contributed by atoms with Gasteiger partial charge in [0.1, 0.15) is 17.2 Å². The summed E-state index contributed by atoms with van der Waals surface area (Å²) in [4.78, 5) is 0. The van der Waals surface area contributed by atoms with E-state index in [1.165, 1.54) is 19.2 Å². The minimum Gasteiger partial charge on any atom is -0.497 e. The summed E-state index contributed by atoms with van der Waals surface area (Å²) in [5.74, 6) is -0.863. The molecule has 2 rings (SSSR count). The third-order valence-corrected chi connectivity index (χ3v) is 4.71. The quantitative estimate of drug-likeness (QED) is 0.856. The number of halogens is 1. The minimum atomic E-state index is -3.28. The van der Waals surface area contributed by atoms with Crippen LogP contribution in [-0.2, 0) is 15.4 Å². The highest BCUT2D eigenvalue weighted by atomic mass is 32.2. The Morgan fingerprint density at radius 3 is 2.65 bits per heavy atom. The van der Waals surface area contributed by atoms with Crippen LogP contribution in [0.25, 0.3) is 0 Å². The fourth-order valence-electron chi connectivity index (χ4n) is 2.05. The lowest BCUT2D eigenvalue weighted by atomic mass is 9.93. The van der Waals surface area contributed by atoms with Crippen LogP contribution in [0.15, 0.2) is 18.2 Å². The number of rotatable bonds is 2. The average molecular weight is 260 g/mol. The Bertz CT molecular complexity index is 540. The number of hydrogen-bond acceptors (Lipinski definition) is 4. The van der Waals surface area contributed by atoms with Crippen molar-refractivity contribution in [3.8, 4) is 5.75 Å². The number of sulfone groups is 1. The van der Waals surface area contributed by atoms with Gasteiger partial charge in [0.15, 0.2) is 9.84 Å². The van der Waals surface area contributed by atoms with Crippen molar-refractivity contribution >= 4 is 9.84 Å². The van der Waals surface area contributed by atoms with E-state index in [2.05, 4.69) is 0 Å². The Hall–Kier alpha value is -1.14. The van der Waals surface area contributed by atoms with Crippen LogP contribution in [0.1, 0.15) is 12.0 Å². The molecule has 1 atom stereocenters. The molecular formula is C11H13FO4S. The van der Waals surface area contributed by atoms with E-state index in [1.54, 1.807) is 0 Å². The second-order valence-electron chi connectivity index (χ2n) is 4.22. The van der Waals surface area contributed by atoms with Crippen LogP contribution in [0.4, 0.5) is 4.39 Å². The van der Waals surface area contributed by atoms with Crippen LogP contribution >= 0.6 is 0 Å². The molecule has 0 radical (unpaired) electrons. The van der Waals surface area contributed by atoms with E-state index >= 15 is 0 Å². The second kappa shape index (κ2) is 3.96. The Morgan fingerprint density at radius 1 is 1.47 bits per heavy atom. The zero-order valence-electron chi connectivity index (χ0n) is 9.31. The summed E-state index contributed by atoms with van der Waals surface area (Å²) in [6.07, 6.45) is 0.0264. The maximum atomic E-state index is 13.8. The van der Waals surface area contributed by atoms with E-state index in [4.69, 9.17) is 4.74 Å². The monoisotopic (exact) mass is 260 g/mol.